The van der Waals surface area contributed by atoms with E-state index < -0.39 is 0 Å². The number of carbonyl (C=O) groups excluding carboxylic acids is 1. The summed E-state index contributed by atoms with van der Waals surface area (Å²) in [5.74, 6) is 1.89. The highest BCUT2D eigenvalue weighted by Crippen LogP contribution is 2.38. The first-order chi connectivity index (χ1) is 15.2. The Hall–Kier alpha value is -2.57. The molecular formula is C25H35N3O3+2. The first-order valence-corrected chi connectivity index (χ1v) is 11.4. The number of carbonyl (C=O) groups is 1. The van der Waals surface area contributed by atoms with Gasteiger partial charge in [-0.25, -0.2) is 0 Å². The quantitative estimate of drug-likeness (QED) is 0.673. The SMILES string of the molecule is COc1ccc(OC)c([C@H]2CCCN2C(=O)C[NH+]2CC[NH+](Cc3ccccc3)CC2)c1. The first kappa shape index (κ1) is 21.7. The molecule has 1 amide bonds. The predicted octanol–water partition coefficient (Wildman–Crippen LogP) is 0.351. The molecule has 1 atom stereocenters. The zero-order valence-electron chi connectivity index (χ0n) is 18.7. The molecule has 4 rings (SSSR count). The van der Waals surface area contributed by atoms with Crippen molar-refractivity contribution in [3.8, 4) is 11.5 Å². The Balaban J connectivity index is 1.34. The van der Waals surface area contributed by atoms with E-state index in [0.29, 0.717) is 6.54 Å². The van der Waals surface area contributed by atoms with Crippen LogP contribution < -0.4 is 19.3 Å². The lowest BCUT2D eigenvalue weighted by Gasteiger charge is -2.32. The van der Waals surface area contributed by atoms with E-state index in [0.717, 1.165) is 69.2 Å². The molecule has 0 aromatic heterocycles. The molecule has 2 aliphatic heterocycles. The van der Waals surface area contributed by atoms with Crippen LogP contribution in [-0.4, -0.2) is 64.3 Å². The van der Waals surface area contributed by atoms with Gasteiger partial charge in [0.2, 0.25) is 0 Å². The minimum absolute atomic E-state index is 0.0712. The number of methoxy groups -OCH3 is 2. The molecule has 2 aliphatic rings. The van der Waals surface area contributed by atoms with Crippen molar-refractivity contribution in [1.82, 2.24) is 4.90 Å². The van der Waals surface area contributed by atoms with Gasteiger partial charge >= 0.3 is 0 Å². The van der Waals surface area contributed by atoms with Gasteiger partial charge in [0.1, 0.15) is 44.2 Å². The van der Waals surface area contributed by atoms with Gasteiger partial charge in [0.15, 0.2) is 6.54 Å². The van der Waals surface area contributed by atoms with Gasteiger partial charge in [0.05, 0.1) is 20.3 Å². The van der Waals surface area contributed by atoms with Crippen molar-refractivity contribution in [3.05, 3.63) is 59.7 Å². The molecule has 2 aromatic carbocycles. The van der Waals surface area contributed by atoms with E-state index in [-0.39, 0.29) is 11.9 Å². The molecule has 0 bridgehead atoms. The molecule has 0 radical (unpaired) electrons. The van der Waals surface area contributed by atoms with Crippen molar-refractivity contribution in [3.63, 3.8) is 0 Å². The zero-order chi connectivity index (χ0) is 21.6. The van der Waals surface area contributed by atoms with Gasteiger partial charge in [-0.2, -0.15) is 0 Å². The predicted molar refractivity (Wildman–Crippen MR) is 120 cm³/mol. The average Bonchev–Trinajstić information content (AvgIpc) is 3.30. The van der Waals surface area contributed by atoms with Crippen LogP contribution in [0.2, 0.25) is 0 Å². The van der Waals surface area contributed by atoms with Gasteiger partial charge in [-0.1, -0.05) is 30.3 Å². The molecule has 2 saturated heterocycles. The smallest absolute Gasteiger partial charge is 0.278 e. The van der Waals surface area contributed by atoms with Gasteiger partial charge in [-0.3, -0.25) is 4.79 Å². The number of quaternary nitrogens is 2. The van der Waals surface area contributed by atoms with Gasteiger partial charge in [0.25, 0.3) is 5.91 Å². The third kappa shape index (κ3) is 5.20. The Morgan fingerprint density at radius 1 is 1.00 bits per heavy atom. The average molecular weight is 426 g/mol. The minimum atomic E-state index is 0.0712. The van der Waals surface area contributed by atoms with Crippen LogP contribution in [0.25, 0.3) is 0 Å². The lowest BCUT2D eigenvalue weighted by Crippen LogP contribution is -3.28. The number of nitrogens with one attached hydrogen (secondary N) is 2. The van der Waals surface area contributed by atoms with Crippen LogP contribution in [0.1, 0.15) is 30.0 Å². The normalized spacial score (nSPS) is 23.5. The second-order valence-corrected chi connectivity index (χ2v) is 8.69. The van der Waals surface area contributed by atoms with E-state index in [1.54, 1.807) is 19.1 Å². The van der Waals surface area contributed by atoms with E-state index in [1.165, 1.54) is 10.5 Å². The summed E-state index contributed by atoms with van der Waals surface area (Å²) in [7, 11) is 3.36. The van der Waals surface area contributed by atoms with Crippen molar-refractivity contribution < 1.29 is 24.1 Å². The number of hydrogen-bond acceptors (Lipinski definition) is 3. The number of ether oxygens (including phenoxy) is 2. The van der Waals surface area contributed by atoms with Crippen molar-refractivity contribution in [2.45, 2.75) is 25.4 Å². The van der Waals surface area contributed by atoms with Crippen LogP contribution in [0, 0.1) is 0 Å². The monoisotopic (exact) mass is 425 g/mol. The summed E-state index contributed by atoms with van der Waals surface area (Å²) in [5, 5.41) is 0. The molecule has 6 heteroatoms. The van der Waals surface area contributed by atoms with Crippen LogP contribution in [-0.2, 0) is 11.3 Å². The molecule has 2 heterocycles. The number of hydrogen-bond donors (Lipinski definition) is 2. The van der Waals surface area contributed by atoms with E-state index in [4.69, 9.17) is 9.47 Å². The highest BCUT2D eigenvalue weighted by atomic mass is 16.5. The van der Waals surface area contributed by atoms with Crippen molar-refractivity contribution >= 4 is 5.91 Å². The molecule has 166 valence electrons. The van der Waals surface area contributed by atoms with Gasteiger partial charge in [0, 0.05) is 17.7 Å². The number of benzene rings is 2. The minimum Gasteiger partial charge on any atom is -0.497 e. The second kappa shape index (κ2) is 10.2. The fourth-order valence-electron chi connectivity index (χ4n) is 5.00. The van der Waals surface area contributed by atoms with Gasteiger partial charge in [-0.05, 0) is 31.0 Å². The summed E-state index contributed by atoms with van der Waals surface area (Å²) in [5.41, 5.74) is 2.45. The largest absolute Gasteiger partial charge is 0.497 e. The van der Waals surface area contributed by atoms with E-state index in [9.17, 15) is 4.79 Å². The van der Waals surface area contributed by atoms with Crippen molar-refractivity contribution in [1.29, 1.82) is 0 Å². The Bertz CT molecular complexity index is 866. The third-order valence-corrected chi connectivity index (χ3v) is 6.73. The summed E-state index contributed by atoms with van der Waals surface area (Å²) in [6.45, 7) is 6.81. The van der Waals surface area contributed by atoms with Crippen LogP contribution >= 0.6 is 0 Å². The maximum absolute atomic E-state index is 13.3. The summed E-state index contributed by atoms with van der Waals surface area (Å²) < 4.78 is 11.0. The van der Waals surface area contributed by atoms with Crippen molar-refractivity contribution in [2.24, 2.45) is 0 Å². The molecule has 0 saturated carbocycles. The van der Waals surface area contributed by atoms with Gasteiger partial charge in [-0.15, -0.1) is 0 Å². The van der Waals surface area contributed by atoms with Crippen LogP contribution in [0.3, 0.4) is 0 Å². The Morgan fingerprint density at radius 2 is 1.74 bits per heavy atom. The number of likely N-dealkylation sites (tertiary alicyclic amines) is 1. The Morgan fingerprint density at radius 3 is 2.45 bits per heavy atom. The molecule has 31 heavy (non-hydrogen) atoms. The first-order valence-electron chi connectivity index (χ1n) is 11.4. The highest BCUT2D eigenvalue weighted by molar-refractivity contribution is 5.78. The lowest BCUT2D eigenvalue weighted by atomic mass is 10.0. The highest BCUT2D eigenvalue weighted by Gasteiger charge is 2.35. The number of nitrogens with zero attached hydrogens (tertiary/aromatic N) is 1. The van der Waals surface area contributed by atoms with E-state index >= 15 is 0 Å². The fraction of sp³-hybridized carbons (Fsp3) is 0.480. The topological polar surface area (TPSA) is 47.6 Å². The number of amides is 1. The maximum atomic E-state index is 13.3. The Labute approximate surface area is 185 Å². The molecule has 0 aliphatic carbocycles. The van der Waals surface area contributed by atoms with Crippen molar-refractivity contribution in [2.75, 3.05) is 53.5 Å². The van der Waals surface area contributed by atoms with Crippen LogP contribution in [0.5, 0.6) is 11.5 Å². The maximum Gasteiger partial charge on any atom is 0.278 e. The summed E-state index contributed by atoms with van der Waals surface area (Å²) in [6, 6.07) is 16.6. The molecule has 2 fully saturated rings. The molecule has 6 nitrogen and oxygen atoms in total. The summed E-state index contributed by atoms with van der Waals surface area (Å²) >= 11 is 0. The molecule has 2 N–H and O–H groups in total. The molecule has 0 spiro atoms. The Kier molecular flexibility index (Phi) is 7.10. The lowest BCUT2D eigenvalue weighted by molar-refractivity contribution is -1.02. The van der Waals surface area contributed by atoms with E-state index in [2.05, 4.69) is 35.2 Å². The van der Waals surface area contributed by atoms with Crippen LogP contribution in [0.15, 0.2) is 48.5 Å². The molecular weight excluding hydrogens is 390 g/mol. The number of rotatable bonds is 7. The van der Waals surface area contributed by atoms with Crippen LogP contribution in [0.4, 0.5) is 0 Å². The third-order valence-electron chi connectivity index (χ3n) is 6.73. The number of piperazine rings is 1. The fourth-order valence-corrected chi connectivity index (χ4v) is 5.00. The standard InChI is InChI=1S/C25H33N3O3/c1-30-21-10-11-24(31-2)22(17-21)23-9-6-12-28(23)25(29)19-27-15-13-26(14-16-27)18-20-7-4-3-5-8-20/h3-5,7-8,10-11,17,23H,6,9,12-16,18-19H2,1-2H3/p+2/t23-/m1/s1. The molecule has 0 unspecified atom stereocenters. The molecule has 2 aromatic rings. The summed E-state index contributed by atoms with van der Waals surface area (Å²) in [4.78, 5) is 18.3. The summed E-state index contributed by atoms with van der Waals surface area (Å²) in [6.07, 6.45) is 2.00. The second-order valence-electron chi connectivity index (χ2n) is 8.69. The van der Waals surface area contributed by atoms with Gasteiger partial charge < -0.3 is 24.2 Å². The van der Waals surface area contributed by atoms with E-state index in [1.807, 2.05) is 18.2 Å². The zero-order valence-corrected chi connectivity index (χ0v) is 18.7.